The maximum Gasteiger partial charge on any atom is 0.230 e. The number of pyridine rings is 2. The van der Waals surface area contributed by atoms with E-state index in [0.29, 0.717) is 17.5 Å². The molecule has 0 aliphatic rings. The fraction of sp³-hybridized carbons (Fsp3) is 0.136. The summed E-state index contributed by atoms with van der Waals surface area (Å²) >= 11 is 1.32. The van der Waals surface area contributed by atoms with Crippen molar-refractivity contribution in [2.24, 2.45) is 0 Å². The number of thioether (sulfide) groups is 1. The molecule has 0 aliphatic heterocycles. The summed E-state index contributed by atoms with van der Waals surface area (Å²) < 4.78 is 7.18. The first kappa shape index (κ1) is 20.5. The molecule has 156 valence electrons. The number of methoxy groups -OCH3 is 1. The molecule has 0 fully saturated rings. The highest BCUT2D eigenvalue weighted by atomic mass is 32.2. The molecule has 8 nitrogen and oxygen atoms in total. The van der Waals surface area contributed by atoms with Crippen LogP contribution in [0.4, 0.5) is 0 Å². The van der Waals surface area contributed by atoms with Crippen LogP contribution < -0.4 is 10.1 Å². The minimum atomic E-state index is -0.106. The molecule has 3 heterocycles. The summed E-state index contributed by atoms with van der Waals surface area (Å²) in [5, 5.41) is 12.2. The molecule has 0 saturated carbocycles. The number of hydrogen-bond donors (Lipinski definition) is 1. The van der Waals surface area contributed by atoms with Crippen molar-refractivity contribution < 1.29 is 9.53 Å². The molecule has 31 heavy (non-hydrogen) atoms. The molecule has 0 bridgehead atoms. The molecule has 0 radical (unpaired) electrons. The number of carbonyl (C=O) groups is 1. The predicted molar refractivity (Wildman–Crippen MR) is 118 cm³/mol. The van der Waals surface area contributed by atoms with Crippen LogP contribution in [0.25, 0.3) is 17.1 Å². The van der Waals surface area contributed by atoms with Crippen LogP contribution in [0.2, 0.25) is 0 Å². The van der Waals surface area contributed by atoms with Gasteiger partial charge in [0.05, 0.1) is 25.1 Å². The Morgan fingerprint density at radius 2 is 1.84 bits per heavy atom. The molecule has 1 N–H and O–H groups in total. The lowest BCUT2D eigenvalue weighted by molar-refractivity contribution is -0.118. The maximum absolute atomic E-state index is 12.4. The molecule has 9 heteroatoms. The Hall–Kier alpha value is -3.72. The van der Waals surface area contributed by atoms with Crippen LogP contribution in [0, 0.1) is 0 Å². The van der Waals surface area contributed by atoms with Gasteiger partial charge in [0.2, 0.25) is 5.91 Å². The number of benzene rings is 1. The van der Waals surface area contributed by atoms with E-state index in [4.69, 9.17) is 4.74 Å². The third-order valence-corrected chi connectivity index (χ3v) is 5.36. The maximum atomic E-state index is 12.4. The topological polar surface area (TPSA) is 94.8 Å². The summed E-state index contributed by atoms with van der Waals surface area (Å²) in [6, 6.07) is 17.0. The number of nitrogens with one attached hydrogen (secondary N) is 1. The highest BCUT2D eigenvalue weighted by molar-refractivity contribution is 7.99. The monoisotopic (exact) mass is 432 g/mol. The fourth-order valence-corrected chi connectivity index (χ4v) is 3.67. The van der Waals surface area contributed by atoms with E-state index in [0.717, 1.165) is 22.7 Å². The summed E-state index contributed by atoms with van der Waals surface area (Å²) in [4.78, 5) is 20.6. The summed E-state index contributed by atoms with van der Waals surface area (Å²) in [7, 11) is 1.63. The molecular weight excluding hydrogens is 412 g/mol. The van der Waals surface area contributed by atoms with Gasteiger partial charge in [-0.1, -0.05) is 17.8 Å². The highest BCUT2D eigenvalue weighted by Crippen LogP contribution is 2.28. The van der Waals surface area contributed by atoms with E-state index in [-0.39, 0.29) is 11.7 Å². The van der Waals surface area contributed by atoms with Crippen molar-refractivity contribution in [3.8, 4) is 22.8 Å². The molecule has 4 rings (SSSR count). The normalized spacial score (nSPS) is 10.6. The van der Waals surface area contributed by atoms with Gasteiger partial charge in [0, 0.05) is 29.8 Å². The minimum Gasteiger partial charge on any atom is -0.497 e. The Morgan fingerprint density at radius 1 is 1.03 bits per heavy atom. The van der Waals surface area contributed by atoms with Crippen LogP contribution in [0.3, 0.4) is 0 Å². The van der Waals surface area contributed by atoms with E-state index >= 15 is 0 Å². The lowest BCUT2D eigenvalue weighted by Gasteiger charge is -2.11. The third kappa shape index (κ3) is 5.07. The third-order valence-electron chi connectivity index (χ3n) is 4.43. The zero-order valence-electron chi connectivity index (χ0n) is 16.8. The number of aromatic nitrogens is 5. The Bertz CT molecular complexity index is 1130. The SMILES string of the molecule is COc1ccc(-n2c(SCC(=O)NCc3ccccn3)nnc2-c2ccncc2)cc1. The van der Waals surface area contributed by atoms with Crippen LogP contribution in [-0.2, 0) is 11.3 Å². The van der Waals surface area contributed by atoms with Gasteiger partial charge >= 0.3 is 0 Å². The number of hydrogen-bond acceptors (Lipinski definition) is 7. The van der Waals surface area contributed by atoms with Gasteiger partial charge in [-0.15, -0.1) is 10.2 Å². The molecule has 1 amide bonds. The first-order valence-corrected chi connectivity index (χ1v) is 10.5. The molecule has 4 aromatic rings. The van der Waals surface area contributed by atoms with Crippen molar-refractivity contribution in [2.75, 3.05) is 12.9 Å². The molecule has 3 aromatic heterocycles. The smallest absolute Gasteiger partial charge is 0.230 e. The predicted octanol–water partition coefficient (Wildman–Crippen LogP) is 3.14. The molecular formula is C22H20N6O2S. The standard InChI is InChI=1S/C22H20N6O2S/c1-30-19-7-5-18(6-8-19)28-21(16-9-12-23-13-10-16)26-27-22(28)31-15-20(29)25-14-17-4-2-3-11-24-17/h2-13H,14-15H2,1H3,(H,25,29). The first-order chi connectivity index (χ1) is 15.2. The van der Waals surface area contributed by atoms with Gasteiger partial charge in [0.1, 0.15) is 5.75 Å². The van der Waals surface area contributed by atoms with Gasteiger partial charge in [0.25, 0.3) is 0 Å². The van der Waals surface area contributed by atoms with Gasteiger partial charge in [-0.05, 0) is 48.5 Å². The van der Waals surface area contributed by atoms with Crippen LogP contribution in [0.1, 0.15) is 5.69 Å². The second-order valence-corrected chi connectivity index (χ2v) is 7.40. The summed E-state index contributed by atoms with van der Waals surface area (Å²) in [5.74, 6) is 1.53. The van der Waals surface area contributed by atoms with E-state index < -0.39 is 0 Å². The van der Waals surface area contributed by atoms with Crippen molar-refractivity contribution in [3.05, 3.63) is 78.9 Å². The largest absolute Gasteiger partial charge is 0.497 e. The zero-order chi connectivity index (χ0) is 21.5. The first-order valence-electron chi connectivity index (χ1n) is 9.54. The number of ether oxygens (including phenoxy) is 1. The molecule has 0 atom stereocenters. The molecule has 0 unspecified atom stereocenters. The minimum absolute atomic E-state index is 0.106. The number of carbonyl (C=O) groups excluding carboxylic acids is 1. The van der Waals surface area contributed by atoms with Crippen LogP contribution in [0.15, 0.2) is 78.3 Å². The van der Waals surface area contributed by atoms with Crippen LogP contribution >= 0.6 is 11.8 Å². The van der Waals surface area contributed by atoms with Crippen LogP contribution in [-0.4, -0.2) is 43.5 Å². The Labute approximate surface area is 183 Å². The Morgan fingerprint density at radius 3 is 2.55 bits per heavy atom. The van der Waals surface area contributed by atoms with Crippen molar-refractivity contribution >= 4 is 17.7 Å². The molecule has 0 aliphatic carbocycles. The average molecular weight is 433 g/mol. The van der Waals surface area contributed by atoms with E-state index in [1.165, 1.54) is 11.8 Å². The average Bonchev–Trinajstić information content (AvgIpc) is 3.26. The fourth-order valence-electron chi connectivity index (χ4n) is 2.89. The lowest BCUT2D eigenvalue weighted by Crippen LogP contribution is -2.25. The number of nitrogens with zero attached hydrogens (tertiary/aromatic N) is 5. The summed E-state index contributed by atoms with van der Waals surface area (Å²) in [5.41, 5.74) is 2.56. The second kappa shape index (κ2) is 9.86. The van der Waals surface area contributed by atoms with Crippen molar-refractivity contribution in [2.45, 2.75) is 11.7 Å². The van der Waals surface area contributed by atoms with E-state index in [1.807, 2.05) is 59.2 Å². The van der Waals surface area contributed by atoms with Gasteiger partial charge in [0.15, 0.2) is 11.0 Å². The van der Waals surface area contributed by atoms with Gasteiger partial charge < -0.3 is 10.1 Å². The summed E-state index contributed by atoms with van der Waals surface area (Å²) in [6.07, 6.45) is 5.12. The lowest BCUT2D eigenvalue weighted by atomic mass is 10.2. The quantitative estimate of drug-likeness (QED) is 0.427. The van der Waals surface area contributed by atoms with Crippen molar-refractivity contribution in [3.63, 3.8) is 0 Å². The van der Waals surface area contributed by atoms with Gasteiger partial charge in [-0.2, -0.15) is 0 Å². The molecule has 1 aromatic carbocycles. The number of rotatable bonds is 8. The Balaban J connectivity index is 1.54. The van der Waals surface area contributed by atoms with Crippen molar-refractivity contribution in [1.82, 2.24) is 30.0 Å². The van der Waals surface area contributed by atoms with E-state index in [2.05, 4.69) is 25.5 Å². The van der Waals surface area contributed by atoms with Crippen molar-refractivity contribution in [1.29, 1.82) is 0 Å². The zero-order valence-corrected chi connectivity index (χ0v) is 17.6. The Kier molecular flexibility index (Phi) is 6.53. The van der Waals surface area contributed by atoms with Gasteiger partial charge in [-0.25, -0.2) is 0 Å². The van der Waals surface area contributed by atoms with E-state index in [1.54, 1.807) is 25.7 Å². The van der Waals surface area contributed by atoms with E-state index in [9.17, 15) is 4.79 Å². The van der Waals surface area contributed by atoms with Gasteiger partial charge in [-0.3, -0.25) is 19.3 Å². The van der Waals surface area contributed by atoms with Crippen LogP contribution in [0.5, 0.6) is 5.75 Å². The number of amides is 1. The highest BCUT2D eigenvalue weighted by Gasteiger charge is 2.17. The molecule has 0 spiro atoms. The summed E-state index contributed by atoms with van der Waals surface area (Å²) in [6.45, 7) is 0.383. The second-order valence-electron chi connectivity index (χ2n) is 6.46. The molecule has 0 saturated heterocycles.